The highest BCUT2D eigenvalue weighted by Crippen LogP contribution is 2.47. The second-order valence-electron chi connectivity index (χ2n) is 7.02. The first-order valence-electron chi connectivity index (χ1n) is 9.42. The van der Waals surface area contributed by atoms with Crippen LogP contribution in [0, 0.1) is 0 Å². The van der Waals surface area contributed by atoms with E-state index in [2.05, 4.69) is 20.8 Å². The summed E-state index contributed by atoms with van der Waals surface area (Å²) in [5.41, 5.74) is 0.686. The number of fused-ring (bicyclic) bond motifs is 1. The first-order chi connectivity index (χ1) is 14.2. The molecule has 1 amide bonds. The molecule has 8 nitrogen and oxygen atoms in total. The van der Waals surface area contributed by atoms with Crippen LogP contribution in [-0.2, 0) is 11.3 Å². The van der Waals surface area contributed by atoms with Crippen LogP contribution in [0.25, 0.3) is 0 Å². The van der Waals surface area contributed by atoms with Crippen LogP contribution < -0.4 is 14.8 Å². The van der Waals surface area contributed by atoms with Gasteiger partial charge in [0.25, 0.3) is 5.79 Å². The normalized spacial score (nSPS) is 16.4. The summed E-state index contributed by atoms with van der Waals surface area (Å²) in [6.07, 6.45) is 4.03. The van der Waals surface area contributed by atoms with Crippen LogP contribution >= 0.6 is 23.1 Å². The number of rotatable bonds is 6. The average molecular weight is 430 g/mol. The Kier molecular flexibility index (Phi) is 4.88. The summed E-state index contributed by atoms with van der Waals surface area (Å²) in [5, 5.41) is 17.3. The number of thioether (sulfide) groups is 1. The fraction of sp³-hybridized carbons (Fsp3) is 0.368. The molecule has 150 valence electrons. The number of nitrogens with zero attached hydrogens (tertiary/aromatic N) is 4. The Balaban J connectivity index is 1.18. The van der Waals surface area contributed by atoms with Crippen LogP contribution in [0.3, 0.4) is 0 Å². The van der Waals surface area contributed by atoms with Crippen LogP contribution in [0.15, 0.2) is 40.9 Å². The molecule has 0 radical (unpaired) electrons. The molecule has 1 aromatic carbocycles. The van der Waals surface area contributed by atoms with Crippen molar-refractivity contribution in [2.75, 3.05) is 11.1 Å². The predicted molar refractivity (Wildman–Crippen MR) is 109 cm³/mol. The van der Waals surface area contributed by atoms with Crippen molar-refractivity contribution in [1.82, 2.24) is 20.2 Å². The monoisotopic (exact) mass is 429 g/mol. The molecule has 1 aliphatic carbocycles. The van der Waals surface area contributed by atoms with Crippen LogP contribution in [0.1, 0.15) is 30.6 Å². The van der Waals surface area contributed by atoms with Crippen molar-refractivity contribution in [3.63, 3.8) is 0 Å². The number of carbonyl (C=O) groups excluding carboxylic acids is 1. The van der Waals surface area contributed by atoms with Gasteiger partial charge in [0.15, 0.2) is 11.5 Å². The maximum atomic E-state index is 12.4. The van der Waals surface area contributed by atoms with Crippen molar-refractivity contribution in [3.8, 4) is 11.5 Å². The maximum Gasteiger partial charge on any atom is 0.251 e. The highest BCUT2D eigenvalue weighted by atomic mass is 32.2. The summed E-state index contributed by atoms with van der Waals surface area (Å²) in [7, 11) is 0. The number of hydrogen-bond donors (Lipinski definition) is 1. The summed E-state index contributed by atoms with van der Waals surface area (Å²) >= 11 is 2.95. The van der Waals surface area contributed by atoms with Gasteiger partial charge < -0.3 is 14.8 Å². The third-order valence-corrected chi connectivity index (χ3v) is 6.72. The second kappa shape index (κ2) is 7.68. The number of thiophene rings is 1. The lowest BCUT2D eigenvalue weighted by molar-refractivity contribution is -0.113. The van der Waals surface area contributed by atoms with Crippen molar-refractivity contribution in [3.05, 3.63) is 40.6 Å². The Labute approximate surface area is 175 Å². The largest absolute Gasteiger partial charge is 0.448 e. The van der Waals surface area contributed by atoms with Gasteiger partial charge in [-0.15, -0.1) is 16.4 Å². The zero-order valence-electron chi connectivity index (χ0n) is 15.5. The van der Waals surface area contributed by atoms with Crippen molar-refractivity contribution in [1.29, 1.82) is 0 Å². The Morgan fingerprint density at radius 2 is 2.10 bits per heavy atom. The highest BCUT2D eigenvalue weighted by Gasteiger charge is 2.44. The standard InChI is InChI=1S/C19H19N5O3S2/c25-17(12-29-18-21-22-23-24(18)11-14-4-3-9-28-14)20-13-5-6-15-16(10-13)27-19(26-15)7-1-2-8-19/h3-6,9-10H,1-2,7-8,11-12H2,(H,20,25). The SMILES string of the molecule is O=C(CSc1nnnn1Cc1cccs1)Nc1ccc2c(c1)OC1(CCCC1)O2. The molecule has 1 aliphatic heterocycles. The molecule has 0 atom stereocenters. The zero-order chi connectivity index (χ0) is 19.7. The maximum absolute atomic E-state index is 12.4. The van der Waals surface area contributed by atoms with E-state index in [0.29, 0.717) is 23.1 Å². The topological polar surface area (TPSA) is 91.2 Å². The lowest BCUT2D eigenvalue weighted by Crippen LogP contribution is -2.34. The summed E-state index contributed by atoms with van der Waals surface area (Å²) in [6, 6.07) is 9.53. The third kappa shape index (κ3) is 3.95. The van der Waals surface area contributed by atoms with Gasteiger partial charge in [0, 0.05) is 29.5 Å². The Morgan fingerprint density at radius 1 is 1.24 bits per heavy atom. The smallest absolute Gasteiger partial charge is 0.251 e. The number of benzene rings is 1. The molecule has 2 aliphatic rings. The summed E-state index contributed by atoms with van der Waals surface area (Å²) in [6.45, 7) is 0.596. The lowest BCUT2D eigenvalue weighted by atomic mass is 10.2. The van der Waals surface area contributed by atoms with Crippen LogP contribution in [0.2, 0.25) is 0 Å². The second-order valence-corrected chi connectivity index (χ2v) is 8.99. The van der Waals surface area contributed by atoms with Crippen LogP contribution in [-0.4, -0.2) is 37.7 Å². The molecule has 1 saturated carbocycles. The van der Waals surface area contributed by atoms with E-state index in [1.54, 1.807) is 16.0 Å². The minimum atomic E-state index is -0.500. The van der Waals surface area contributed by atoms with Gasteiger partial charge in [0.2, 0.25) is 11.1 Å². The third-order valence-electron chi connectivity index (χ3n) is 4.90. The lowest BCUT2D eigenvalue weighted by Gasteiger charge is -2.21. The molecular formula is C19H19N5O3S2. The first kappa shape index (κ1) is 18.4. The Hall–Kier alpha value is -2.59. The fourth-order valence-electron chi connectivity index (χ4n) is 3.57. The van der Waals surface area contributed by atoms with E-state index in [9.17, 15) is 4.79 Å². The van der Waals surface area contributed by atoms with E-state index in [1.807, 2.05) is 35.7 Å². The van der Waals surface area contributed by atoms with Crippen molar-refractivity contribution in [2.24, 2.45) is 0 Å². The van der Waals surface area contributed by atoms with Crippen molar-refractivity contribution < 1.29 is 14.3 Å². The molecule has 1 fully saturated rings. The summed E-state index contributed by atoms with van der Waals surface area (Å²) in [5.74, 6) is 1.02. The van der Waals surface area contributed by atoms with E-state index < -0.39 is 5.79 Å². The quantitative estimate of drug-likeness (QED) is 0.599. The minimum Gasteiger partial charge on any atom is -0.448 e. The molecular weight excluding hydrogens is 410 g/mol. The summed E-state index contributed by atoms with van der Waals surface area (Å²) < 4.78 is 13.8. The Bertz CT molecular complexity index is 1010. The molecule has 3 aromatic rings. The van der Waals surface area contributed by atoms with Gasteiger partial charge in [-0.25, -0.2) is 4.68 Å². The molecule has 0 bridgehead atoms. The van der Waals surface area contributed by atoms with Crippen LogP contribution in [0.5, 0.6) is 11.5 Å². The number of hydrogen-bond acceptors (Lipinski definition) is 8. The fourth-order valence-corrected chi connectivity index (χ4v) is 4.93. The molecule has 1 N–H and O–H groups in total. The number of nitrogens with one attached hydrogen (secondary N) is 1. The van der Waals surface area contributed by atoms with Gasteiger partial charge in [0.05, 0.1) is 12.3 Å². The van der Waals surface area contributed by atoms with Gasteiger partial charge in [-0.05, 0) is 46.8 Å². The van der Waals surface area contributed by atoms with Gasteiger partial charge in [-0.3, -0.25) is 4.79 Å². The molecule has 3 heterocycles. The van der Waals surface area contributed by atoms with E-state index in [-0.39, 0.29) is 11.7 Å². The molecule has 0 unspecified atom stereocenters. The molecule has 2 aromatic heterocycles. The van der Waals surface area contributed by atoms with Crippen molar-refractivity contribution in [2.45, 2.75) is 43.2 Å². The van der Waals surface area contributed by atoms with Crippen molar-refractivity contribution >= 4 is 34.7 Å². The van der Waals surface area contributed by atoms with E-state index in [1.165, 1.54) is 11.8 Å². The van der Waals surface area contributed by atoms with Gasteiger partial charge in [-0.2, -0.15) is 0 Å². The molecule has 5 rings (SSSR count). The molecule has 10 heteroatoms. The van der Waals surface area contributed by atoms with E-state index in [0.717, 1.165) is 36.3 Å². The Morgan fingerprint density at radius 3 is 2.93 bits per heavy atom. The number of amides is 1. The van der Waals surface area contributed by atoms with Gasteiger partial charge in [0.1, 0.15) is 0 Å². The number of ether oxygens (including phenoxy) is 2. The zero-order valence-corrected chi connectivity index (χ0v) is 17.2. The molecule has 1 spiro atoms. The van der Waals surface area contributed by atoms with Gasteiger partial charge in [-0.1, -0.05) is 17.8 Å². The highest BCUT2D eigenvalue weighted by molar-refractivity contribution is 7.99. The average Bonchev–Trinajstić information content (AvgIpc) is 3.49. The number of anilines is 1. The number of aromatic nitrogens is 4. The first-order valence-corrected chi connectivity index (χ1v) is 11.3. The van der Waals surface area contributed by atoms with Gasteiger partial charge >= 0.3 is 0 Å². The molecule has 29 heavy (non-hydrogen) atoms. The van der Waals surface area contributed by atoms with E-state index in [4.69, 9.17) is 9.47 Å². The minimum absolute atomic E-state index is 0.130. The summed E-state index contributed by atoms with van der Waals surface area (Å²) in [4.78, 5) is 13.6. The van der Waals surface area contributed by atoms with E-state index >= 15 is 0 Å². The number of tetrazole rings is 1. The number of carbonyl (C=O) groups is 1. The van der Waals surface area contributed by atoms with Crippen LogP contribution in [0.4, 0.5) is 5.69 Å². The predicted octanol–water partition coefficient (Wildman–Crippen LogP) is 3.56. The molecule has 0 saturated heterocycles.